The molecule has 144 heavy (non-hydrogen) atoms. The van der Waals surface area contributed by atoms with Gasteiger partial charge >= 0.3 is 0 Å². The second-order valence-corrected chi connectivity index (χ2v) is 19.4. The van der Waals surface area contributed by atoms with E-state index in [1.165, 1.54) is 43.1 Å². The third-order valence-corrected chi connectivity index (χ3v) is 13.3. The van der Waals surface area contributed by atoms with Crippen molar-refractivity contribution in [2.75, 3.05) is 0 Å². The normalized spacial score (nSPS) is 7.38. The van der Waals surface area contributed by atoms with Gasteiger partial charge in [0, 0.05) is 167 Å². The van der Waals surface area contributed by atoms with Gasteiger partial charge in [0.1, 0.15) is 0 Å². The van der Waals surface area contributed by atoms with Gasteiger partial charge in [-0.05, 0) is 130 Å². The lowest BCUT2D eigenvalue weighted by Gasteiger charge is -1.91. The van der Waals surface area contributed by atoms with Crippen LogP contribution in [0.3, 0.4) is 0 Å². The van der Waals surface area contributed by atoms with Gasteiger partial charge in [-0.2, -0.15) is 0 Å². The summed E-state index contributed by atoms with van der Waals surface area (Å²) in [6.07, 6.45) is 37.8. The summed E-state index contributed by atoms with van der Waals surface area (Å²) in [5.41, 5.74) is 5.13. The van der Waals surface area contributed by atoms with Crippen LogP contribution in [0, 0.1) is 0 Å². The summed E-state index contributed by atoms with van der Waals surface area (Å²) in [6, 6.07) is 76.2. The van der Waals surface area contributed by atoms with Crippen LogP contribution in [-0.4, -0.2) is 64.8 Å². The van der Waals surface area contributed by atoms with Crippen LogP contribution < -0.4 is 0 Å². The zero-order valence-corrected chi connectivity index (χ0v) is 103. The molecule has 810 valence electrons. The minimum Gasteiger partial charge on any atom is -0.264 e. The average molecular weight is 1980 g/mol. The Kier molecular flexibility index (Phi) is 205. The van der Waals surface area contributed by atoms with Crippen molar-refractivity contribution in [3.05, 3.63) is 361 Å². The summed E-state index contributed by atoms with van der Waals surface area (Å²) >= 11 is 0. The average Bonchev–Trinajstić information content (AvgIpc) is 0.938. The van der Waals surface area contributed by atoms with E-state index in [1.54, 1.807) is 55.8 Å². The van der Waals surface area contributed by atoms with Crippen LogP contribution in [0.1, 0.15) is 374 Å². The summed E-state index contributed by atoms with van der Waals surface area (Å²) in [5, 5.41) is 15.3. The van der Waals surface area contributed by atoms with E-state index in [4.69, 9.17) is 0 Å². The Morgan fingerprint density at radius 1 is 0.0903 bits per heavy atom. The Morgan fingerprint density at radius 2 is 0.222 bits per heavy atom. The molecule has 0 saturated heterocycles. The first kappa shape index (κ1) is 174. The van der Waals surface area contributed by atoms with Gasteiger partial charge in [-0.1, -0.05) is 501 Å². The lowest BCUT2D eigenvalue weighted by atomic mass is 10.2. The van der Waals surface area contributed by atoms with Crippen LogP contribution in [0.2, 0.25) is 0 Å². The van der Waals surface area contributed by atoms with Crippen molar-refractivity contribution in [3.8, 4) is 0 Å². The predicted octanol–water partition coefficient (Wildman–Crippen LogP) is 45.4. The van der Waals surface area contributed by atoms with Crippen LogP contribution in [-0.2, 0) is 0 Å². The molecule has 0 bridgehead atoms. The van der Waals surface area contributed by atoms with Crippen molar-refractivity contribution in [2.45, 2.75) is 374 Å². The highest BCUT2D eigenvalue weighted by Crippen LogP contribution is 2.15. The van der Waals surface area contributed by atoms with Gasteiger partial charge in [0.2, 0.25) is 0 Å². The fraction of sp³-hybridized carbons (Fsp3) is 0.412. The molecule has 5 aromatic carbocycles. The number of pyridine rings is 13. The van der Waals surface area contributed by atoms with E-state index in [9.17, 15) is 0 Å². The monoisotopic (exact) mass is 1980 g/mol. The van der Waals surface area contributed by atoms with E-state index in [-0.39, 0.29) is 0 Å². The van der Waals surface area contributed by atoms with Gasteiger partial charge in [0.15, 0.2) is 0 Å². The number of fused-ring (bicyclic) bond motifs is 9. The van der Waals surface area contributed by atoms with Crippen molar-refractivity contribution in [1.82, 2.24) is 64.8 Å². The zero-order chi connectivity index (χ0) is 115. The molecule has 0 aliphatic rings. The molecule has 13 nitrogen and oxygen atoms in total. The maximum Gasteiger partial charge on any atom is 0.0885 e. The van der Waals surface area contributed by atoms with Gasteiger partial charge in [-0.15, -0.1) is 0 Å². The quantitative estimate of drug-likeness (QED) is 0.141. The summed E-state index contributed by atoms with van der Waals surface area (Å²) in [7, 11) is 0. The van der Waals surface area contributed by atoms with E-state index in [1.807, 2.05) is 618 Å². The molecule has 13 aromatic heterocycles. The highest BCUT2D eigenvalue weighted by atomic mass is 14.7. The lowest BCUT2D eigenvalue weighted by Crippen LogP contribution is -1.76. The Hall–Kier alpha value is -12.6. The van der Waals surface area contributed by atoms with Gasteiger partial charge < -0.3 is 0 Å². The fourth-order valence-electron chi connectivity index (χ4n) is 8.78. The van der Waals surface area contributed by atoms with E-state index in [2.05, 4.69) is 125 Å². The first-order valence-electron chi connectivity index (χ1n) is 55.7. The number of para-hydroxylation sites is 3. The Labute approximate surface area is 891 Å². The molecule has 0 N–H and O–H groups in total. The molecule has 0 fully saturated rings. The molecule has 0 unspecified atom stereocenters. The molecule has 0 saturated carbocycles. The lowest BCUT2D eigenvalue weighted by molar-refractivity contribution is 1.31. The number of hydrogen-bond donors (Lipinski definition) is 0. The zero-order valence-electron chi connectivity index (χ0n) is 103. The van der Waals surface area contributed by atoms with Crippen LogP contribution >= 0.6 is 0 Å². The van der Waals surface area contributed by atoms with Crippen molar-refractivity contribution >= 4 is 97.6 Å². The second-order valence-electron chi connectivity index (χ2n) is 19.4. The molecular weight excluding hydrogens is 1760 g/mol. The van der Waals surface area contributed by atoms with E-state index < -0.39 is 0 Å². The molecule has 0 aliphatic heterocycles. The third-order valence-electron chi connectivity index (χ3n) is 13.3. The summed E-state index contributed by atoms with van der Waals surface area (Å²) in [6.45, 7) is 108. The molecule has 18 rings (SSSR count). The molecule has 0 aliphatic carbocycles. The number of rotatable bonds is 0. The van der Waals surface area contributed by atoms with E-state index >= 15 is 0 Å². The summed E-state index contributed by atoms with van der Waals surface area (Å²) in [4.78, 5) is 52.7. The molecule has 0 spiro atoms. The topological polar surface area (TPSA) is 168 Å². The second kappa shape index (κ2) is 170. The van der Waals surface area contributed by atoms with Crippen LogP contribution in [0.4, 0.5) is 0 Å². The van der Waals surface area contributed by atoms with Crippen molar-refractivity contribution in [2.24, 2.45) is 0 Å². The van der Waals surface area contributed by atoms with E-state index in [0.717, 1.165) is 54.5 Å². The SMILES string of the molecule is CC.CC.CC.CC.CC.CC.CC.CC.CC.CC.CC.CC.CC.CC.CC.CC.CC.CC.CC.CC.CC.CC.CC.CC.CC.CC.CC.c1cc2ccncc2cn1.c1cc2cnccc2cn1.c1ccc2cnccc2c1.c1ccc2cnccc2c1.c1ccc2ncccc2c1.c1ccc2ncccc2c1.c1ccc2ncccc2c1.c1cnc2ccncc2c1.c1cnc2cnccc2c1. The Morgan fingerprint density at radius 3 is 0.431 bits per heavy atom. The predicted molar refractivity (Wildman–Crippen MR) is 673 cm³/mol. The summed E-state index contributed by atoms with van der Waals surface area (Å²) < 4.78 is 0. The summed E-state index contributed by atoms with van der Waals surface area (Å²) in [5.74, 6) is 0. The van der Waals surface area contributed by atoms with Gasteiger partial charge in [0.25, 0.3) is 0 Å². The molecule has 0 amide bonds. The van der Waals surface area contributed by atoms with Crippen molar-refractivity contribution in [1.29, 1.82) is 0 Å². The highest BCUT2D eigenvalue weighted by Gasteiger charge is 1.94. The van der Waals surface area contributed by atoms with E-state index in [0.29, 0.717) is 0 Å². The molecule has 18 aromatic rings. The minimum absolute atomic E-state index is 0.949. The van der Waals surface area contributed by atoms with Gasteiger partial charge in [-0.25, -0.2) is 0 Å². The van der Waals surface area contributed by atoms with Crippen molar-refractivity contribution < 1.29 is 0 Å². The minimum atomic E-state index is 0.949. The smallest absolute Gasteiger partial charge is 0.0885 e. The van der Waals surface area contributed by atoms with Crippen LogP contribution in [0.25, 0.3) is 97.6 Å². The maximum atomic E-state index is 4.18. The first-order chi connectivity index (χ1) is 71.7. The number of benzene rings is 5. The standard InChI is InChI=1S/5C9H7N.4C8H6N2.27C2H6/c3*1-2-6-9-8(4-1)5-3-7-10-9;2*1-2-4-9-7-10-6-5-8(9)3-1;1-3-9-6-8-2-4-10-5-7(1)8;1-3-9-5-8-6-10-4-2-7(1)8;1-2-7-6-9-5-3-8(7)10-4-1;1-2-7-3-5-9-6-8(7)10-4-1;27*1-2/h5*1-7H;4*1-6H;27*1-2H3. The fourth-order valence-corrected chi connectivity index (χ4v) is 8.78. The van der Waals surface area contributed by atoms with Crippen LogP contribution in [0.5, 0.6) is 0 Å². The molecule has 13 heterocycles. The molecular formula is C131H221N13. The van der Waals surface area contributed by atoms with Gasteiger partial charge in [-0.3, -0.25) is 64.8 Å². The Bertz CT molecular complexity index is 3520. The number of hydrogen-bond acceptors (Lipinski definition) is 13. The number of nitrogens with zero attached hydrogens (tertiary/aromatic N) is 13. The van der Waals surface area contributed by atoms with Gasteiger partial charge in [0.05, 0.1) is 33.8 Å². The largest absolute Gasteiger partial charge is 0.264 e. The third kappa shape index (κ3) is 95.6. The molecule has 0 radical (unpaired) electrons. The molecule has 13 heteroatoms. The van der Waals surface area contributed by atoms with Crippen LogP contribution in [0.15, 0.2) is 361 Å². The van der Waals surface area contributed by atoms with Crippen molar-refractivity contribution in [3.63, 3.8) is 0 Å². The maximum absolute atomic E-state index is 4.18. The molecule has 0 atom stereocenters. The first-order valence-corrected chi connectivity index (χ1v) is 55.7. The Balaban J connectivity index is -0.0000000732. The highest BCUT2D eigenvalue weighted by molar-refractivity contribution is 5.84. The number of aromatic nitrogens is 13.